The lowest BCUT2D eigenvalue weighted by Crippen LogP contribution is -2.31. The number of rotatable bonds is 5. The van der Waals surface area contributed by atoms with Gasteiger partial charge in [-0.25, -0.2) is 0 Å². The van der Waals surface area contributed by atoms with E-state index in [0.29, 0.717) is 0 Å². The van der Waals surface area contributed by atoms with Gasteiger partial charge in [-0.1, -0.05) is 24.3 Å². The summed E-state index contributed by atoms with van der Waals surface area (Å²) < 4.78 is 0. The van der Waals surface area contributed by atoms with E-state index < -0.39 is 0 Å². The van der Waals surface area contributed by atoms with Crippen molar-refractivity contribution in [3.63, 3.8) is 0 Å². The molecule has 0 fully saturated rings. The number of fused-ring (bicyclic) bond motifs is 1. The lowest BCUT2D eigenvalue weighted by Gasteiger charge is -2.09. The molecule has 94 valence electrons. The molecule has 2 heteroatoms. The van der Waals surface area contributed by atoms with Crippen LogP contribution in [0.5, 0.6) is 0 Å². The van der Waals surface area contributed by atoms with Crippen LogP contribution >= 0.6 is 0 Å². The second-order valence-corrected chi connectivity index (χ2v) is 4.83. The molecule has 0 saturated carbocycles. The maximum Gasteiger partial charge on any atom is 0.223 e. The fourth-order valence-electron chi connectivity index (χ4n) is 2.45. The zero-order valence-corrected chi connectivity index (χ0v) is 10.6. The molecule has 0 aliphatic heterocycles. The molecule has 0 radical (unpaired) electrons. The number of terminal acetylenes is 1. The van der Waals surface area contributed by atoms with Gasteiger partial charge >= 0.3 is 0 Å². The highest BCUT2D eigenvalue weighted by molar-refractivity contribution is 5.80. The van der Waals surface area contributed by atoms with Gasteiger partial charge in [-0.15, -0.1) is 12.3 Å². The molecule has 1 aromatic rings. The average Bonchev–Trinajstić information content (AvgIpc) is 2.82. The number of benzene rings is 1. The van der Waals surface area contributed by atoms with Crippen LogP contribution in [0.3, 0.4) is 0 Å². The summed E-state index contributed by atoms with van der Waals surface area (Å²) >= 11 is 0. The van der Waals surface area contributed by atoms with E-state index >= 15 is 0 Å². The van der Waals surface area contributed by atoms with Crippen LogP contribution in [-0.2, 0) is 17.6 Å². The van der Waals surface area contributed by atoms with Crippen molar-refractivity contribution in [1.82, 2.24) is 5.32 Å². The van der Waals surface area contributed by atoms with E-state index in [9.17, 15) is 4.79 Å². The topological polar surface area (TPSA) is 29.1 Å². The minimum atomic E-state index is 0.120. The smallest absolute Gasteiger partial charge is 0.223 e. The second-order valence-electron chi connectivity index (χ2n) is 4.83. The third-order valence-electron chi connectivity index (χ3n) is 3.47. The number of nitrogens with one attached hydrogen (secondary N) is 1. The van der Waals surface area contributed by atoms with Crippen molar-refractivity contribution in [2.24, 2.45) is 5.92 Å². The molecule has 0 heterocycles. The summed E-state index contributed by atoms with van der Waals surface area (Å²) in [5, 5.41) is 3.01. The summed E-state index contributed by atoms with van der Waals surface area (Å²) in [6, 6.07) is 8.32. The number of amides is 1. The Morgan fingerprint density at radius 2 is 1.94 bits per heavy atom. The summed E-state index contributed by atoms with van der Waals surface area (Å²) in [5.74, 6) is 2.92. The predicted octanol–water partition coefficient (Wildman–Crippen LogP) is 2.32. The zero-order chi connectivity index (χ0) is 12.8. The van der Waals surface area contributed by atoms with E-state index in [-0.39, 0.29) is 11.8 Å². The number of unbranched alkanes of at least 4 members (excludes halogenated alkanes) is 2. The van der Waals surface area contributed by atoms with Crippen LogP contribution in [0.4, 0.5) is 0 Å². The first kappa shape index (κ1) is 12.7. The summed E-state index contributed by atoms with van der Waals surface area (Å²) in [6.45, 7) is 0.743. The summed E-state index contributed by atoms with van der Waals surface area (Å²) in [5.41, 5.74) is 2.65. The summed E-state index contributed by atoms with van der Waals surface area (Å²) in [4.78, 5) is 12.0. The highest BCUT2D eigenvalue weighted by Gasteiger charge is 2.26. The molecule has 0 atom stereocenters. The quantitative estimate of drug-likeness (QED) is 0.622. The van der Waals surface area contributed by atoms with Crippen LogP contribution in [0.2, 0.25) is 0 Å². The monoisotopic (exact) mass is 241 g/mol. The van der Waals surface area contributed by atoms with Gasteiger partial charge in [-0.3, -0.25) is 4.79 Å². The van der Waals surface area contributed by atoms with Gasteiger partial charge in [0.05, 0.1) is 0 Å². The number of carbonyl (C=O) groups excluding carboxylic acids is 1. The molecule has 18 heavy (non-hydrogen) atoms. The van der Waals surface area contributed by atoms with E-state index in [2.05, 4.69) is 23.4 Å². The summed E-state index contributed by atoms with van der Waals surface area (Å²) in [6.07, 6.45) is 9.70. The lowest BCUT2D eigenvalue weighted by molar-refractivity contribution is -0.124. The zero-order valence-electron chi connectivity index (χ0n) is 10.6. The molecule has 0 bridgehead atoms. The van der Waals surface area contributed by atoms with Crippen molar-refractivity contribution >= 4 is 5.91 Å². The van der Waals surface area contributed by atoms with Gasteiger partial charge in [0, 0.05) is 18.9 Å². The van der Waals surface area contributed by atoms with Crippen LogP contribution in [0.1, 0.15) is 30.4 Å². The largest absolute Gasteiger partial charge is 0.356 e. The molecule has 2 rings (SSSR count). The highest BCUT2D eigenvalue weighted by atomic mass is 16.1. The molecular weight excluding hydrogens is 222 g/mol. The van der Waals surface area contributed by atoms with Crippen LogP contribution in [0, 0.1) is 18.3 Å². The van der Waals surface area contributed by atoms with Crippen molar-refractivity contribution < 1.29 is 4.79 Å². The molecule has 0 spiro atoms. The molecule has 2 nitrogen and oxygen atoms in total. The number of hydrogen-bond donors (Lipinski definition) is 1. The molecule has 1 aliphatic carbocycles. The van der Waals surface area contributed by atoms with E-state index in [0.717, 1.165) is 38.6 Å². The van der Waals surface area contributed by atoms with Crippen LogP contribution in [0.15, 0.2) is 24.3 Å². The Balaban J connectivity index is 1.74. The molecule has 1 aliphatic rings. The van der Waals surface area contributed by atoms with Gasteiger partial charge in [0.15, 0.2) is 0 Å². The lowest BCUT2D eigenvalue weighted by atomic mass is 10.1. The Morgan fingerprint density at radius 1 is 1.28 bits per heavy atom. The van der Waals surface area contributed by atoms with Crippen LogP contribution in [0.25, 0.3) is 0 Å². The van der Waals surface area contributed by atoms with Crippen LogP contribution in [-0.4, -0.2) is 12.5 Å². The molecule has 0 saturated heterocycles. The average molecular weight is 241 g/mol. The molecule has 1 amide bonds. The van der Waals surface area contributed by atoms with Crippen molar-refractivity contribution in [3.05, 3.63) is 35.4 Å². The maximum atomic E-state index is 12.0. The van der Waals surface area contributed by atoms with Crippen molar-refractivity contribution in [2.45, 2.75) is 32.1 Å². The van der Waals surface area contributed by atoms with E-state index in [1.54, 1.807) is 0 Å². The first-order valence-electron chi connectivity index (χ1n) is 6.59. The SMILES string of the molecule is C#CCCCCNC(=O)C1Cc2ccccc2C1. The molecule has 1 N–H and O–H groups in total. The van der Waals surface area contributed by atoms with E-state index in [1.165, 1.54) is 11.1 Å². The Hall–Kier alpha value is -1.75. The van der Waals surface area contributed by atoms with Gasteiger partial charge in [0.1, 0.15) is 0 Å². The predicted molar refractivity (Wildman–Crippen MR) is 73.0 cm³/mol. The maximum absolute atomic E-state index is 12.0. The summed E-state index contributed by atoms with van der Waals surface area (Å²) in [7, 11) is 0. The normalized spacial score (nSPS) is 13.9. The first-order chi connectivity index (χ1) is 8.81. The third-order valence-corrected chi connectivity index (χ3v) is 3.47. The molecular formula is C16H19NO. The second kappa shape index (κ2) is 6.26. The van der Waals surface area contributed by atoms with Crippen molar-refractivity contribution in [2.75, 3.05) is 6.54 Å². The fraction of sp³-hybridized carbons (Fsp3) is 0.438. The third kappa shape index (κ3) is 3.13. The van der Waals surface area contributed by atoms with Gasteiger partial charge in [0.2, 0.25) is 5.91 Å². The van der Waals surface area contributed by atoms with Crippen molar-refractivity contribution in [3.8, 4) is 12.3 Å². The molecule has 0 aromatic heterocycles. The molecule has 0 unspecified atom stereocenters. The fourth-order valence-corrected chi connectivity index (χ4v) is 2.45. The highest BCUT2D eigenvalue weighted by Crippen LogP contribution is 2.26. The Labute approximate surface area is 109 Å². The van der Waals surface area contributed by atoms with Gasteiger partial charge in [0.25, 0.3) is 0 Å². The van der Waals surface area contributed by atoms with Gasteiger partial charge < -0.3 is 5.32 Å². The number of carbonyl (C=O) groups is 1. The Kier molecular flexibility index (Phi) is 4.41. The van der Waals surface area contributed by atoms with Gasteiger partial charge in [-0.05, 0) is 36.8 Å². The minimum absolute atomic E-state index is 0.120. The first-order valence-corrected chi connectivity index (χ1v) is 6.59. The van der Waals surface area contributed by atoms with E-state index in [1.807, 2.05) is 12.1 Å². The van der Waals surface area contributed by atoms with Gasteiger partial charge in [-0.2, -0.15) is 0 Å². The Bertz CT molecular complexity index is 433. The Morgan fingerprint density at radius 3 is 2.56 bits per heavy atom. The van der Waals surface area contributed by atoms with Crippen LogP contribution < -0.4 is 5.32 Å². The molecule has 1 aromatic carbocycles. The number of hydrogen-bond acceptors (Lipinski definition) is 1. The minimum Gasteiger partial charge on any atom is -0.356 e. The standard InChI is InChI=1S/C16H19NO/c1-2-3-4-7-10-17-16(18)15-11-13-8-5-6-9-14(13)12-15/h1,5-6,8-9,15H,3-4,7,10-12H2,(H,17,18). The van der Waals surface area contributed by atoms with Crippen molar-refractivity contribution in [1.29, 1.82) is 0 Å². The van der Waals surface area contributed by atoms with E-state index in [4.69, 9.17) is 6.42 Å².